The first-order chi connectivity index (χ1) is 6.69. The van der Waals surface area contributed by atoms with Crippen LogP contribution in [-0.2, 0) is 9.47 Å². The van der Waals surface area contributed by atoms with Gasteiger partial charge in [-0.05, 0) is 0 Å². The fourth-order valence-corrected chi connectivity index (χ4v) is 1.34. The maximum absolute atomic E-state index is 9.45. The highest BCUT2D eigenvalue weighted by molar-refractivity contribution is 4.81. The third kappa shape index (κ3) is 2.76. The van der Waals surface area contributed by atoms with Crippen LogP contribution in [0.1, 0.15) is 6.42 Å². The van der Waals surface area contributed by atoms with Gasteiger partial charge >= 0.3 is 0 Å². The second kappa shape index (κ2) is 5.43. The largest absolute Gasteiger partial charge is 0.394 e. The van der Waals surface area contributed by atoms with Gasteiger partial charge in [-0.2, -0.15) is 0 Å². The van der Waals surface area contributed by atoms with Crippen LogP contribution in [0.25, 0.3) is 0 Å². The SMILES string of the molecule is C=CCOC1O[C@H](CO)[C@H](O)C[C@H]1O. The molecule has 0 spiro atoms. The molecular weight excluding hydrogens is 188 g/mol. The minimum absolute atomic E-state index is 0.146. The first kappa shape index (κ1) is 11.6. The molecule has 1 heterocycles. The molecule has 82 valence electrons. The van der Waals surface area contributed by atoms with Crippen LogP contribution >= 0.6 is 0 Å². The molecule has 4 atom stereocenters. The Labute approximate surface area is 82.6 Å². The maximum Gasteiger partial charge on any atom is 0.184 e. The third-order valence-electron chi connectivity index (χ3n) is 2.09. The van der Waals surface area contributed by atoms with Crippen molar-refractivity contribution in [3.05, 3.63) is 12.7 Å². The number of aliphatic hydroxyl groups excluding tert-OH is 3. The monoisotopic (exact) mass is 204 g/mol. The molecule has 0 saturated carbocycles. The van der Waals surface area contributed by atoms with E-state index >= 15 is 0 Å². The Hall–Kier alpha value is -0.460. The predicted molar refractivity (Wildman–Crippen MR) is 48.5 cm³/mol. The highest BCUT2D eigenvalue weighted by atomic mass is 16.7. The molecule has 1 unspecified atom stereocenters. The Morgan fingerprint density at radius 3 is 2.71 bits per heavy atom. The van der Waals surface area contributed by atoms with Gasteiger partial charge in [0.1, 0.15) is 12.2 Å². The Kier molecular flexibility index (Phi) is 4.50. The lowest BCUT2D eigenvalue weighted by Crippen LogP contribution is -2.49. The summed E-state index contributed by atoms with van der Waals surface area (Å²) in [5.41, 5.74) is 0. The van der Waals surface area contributed by atoms with Crippen LogP contribution in [0.2, 0.25) is 0 Å². The predicted octanol–water partition coefficient (Wildman–Crippen LogP) is -0.982. The van der Waals surface area contributed by atoms with Crippen molar-refractivity contribution in [2.45, 2.75) is 31.0 Å². The molecule has 14 heavy (non-hydrogen) atoms. The molecule has 1 aliphatic rings. The van der Waals surface area contributed by atoms with Gasteiger partial charge in [0, 0.05) is 6.42 Å². The molecule has 5 nitrogen and oxygen atoms in total. The number of rotatable bonds is 4. The van der Waals surface area contributed by atoms with E-state index in [9.17, 15) is 10.2 Å². The van der Waals surface area contributed by atoms with E-state index in [0.29, 0.717) is 0 Å². The van der Waals surface area contributed by atoms with E-state index in [1.165, 1.54) is 6.08 Å². The van der Waals surface area contributed by atoms with Gasteiger partial charge in [-0.25, -0.2) is 0 Å². The van der Waals surface area contributed by atoms with Crippen molar-refractivity contribution in [3.8, 4) is 0 Å². The number of hydrogen-bond donors (Lipinski definition) is 3. The van der Waals surface area contributed by atoms with Crippen LogP contribution in [0, 0.1) is 0 Å². The molecule has 0 aliphatic carbocycles. The number of hydrogen-bond acceptors (Lipinski definition) is 5. The molecule has 3 N–H and O–H groups in total. The van der Waals surface area contributed by atoms with Gasteiger partial charge in [-0.1, -0.05) is 6.08 Å². The van der Waals surface area contributed by atoms with Crippen molar-refractivity contribution in [2.24, 2.45) is 0 Å². The van der Waals surface area contributed by atoms with E-state index in [4.69, 9.17) is 14.6 Å². The maximum atomic E-state index is 9.45. The van der Waals surface area contributed by atoms with E-state index in [1.54, 1.807) is 0 Å². The smallest absolute Gasteiger partial charge is 0.184 e. The molecule has 0 aromatic heterocycles. The van der Waals surface area contributed by atoms with Crippen LogP contribution in [-0.4, -0.2) is 53.1 Å². The summed E-state index contributed by atoms with van der Waals surface area (Å²) in [6.07, 6.45) is -1.52. The summed E-state index contributed by atoms with van der Waals surface area (Å²) < 4.78 is 10.3. The van der Waals surface area contributed by atoms with E-state index in [0.717, 1.165) is 0 Å². The van der Waals surface area contributed by atoms with E-state index in [2.05, 4.69) is 6.58 Å². The topological polar surface area (TPSA) is 79.2 Å². The van der Waals surface area contributed by atoms with Gasteiger partial charge in [0.2, 0.25) is 0 Å². The minimum atomic E-state index is -0.868. The Morgan fingerprint density at radius 2 is 2.14 bits per heavy atom. The molecule has 0 bridgehead atoms. The molecule has 5 heteroatoms. The highest BCUT2D eigenvalue weighted by Crippen LogP contribution is 2.20. The quantitative estimate of drug-likeness (QED) is 0.513. The molecule has 0 aromatic rings. The lowest BCUT2D eigenvalue weighted by atomic mass is 10.0. The number of aliphatic hydroxyl groups is 3. The van der Waals surface area contributed by atoms with Crippen molar-refractivity contribution in [2.75, 3.05) is 13.2 Å². The second-order valence-corrected chi connectivity index (χ2v) is 3.22. The summed E-state index contributed by atoms with van der Waals surface area (Å²) in [7, 11) is 0. The van der Waals surface area contributed by atoms with Gasteiger partial charge in [-0.3, -0.25) is 0 Å². The van der Waals surface area contributed by atoms with Gasteiger partial charge < -0.3 is 24.8 Å². The summed E-state index contributed by atoms with van der Waals surface area (Å²) in [5.74, 6) is 0. The molecule has 1 aliphatic heterocycles. The average Bonchev–Trinajstić information content (AvgIpc) is 2.17. The second-order valence-electron chi connectivity index (χ2n) is 3.22. The van der Waals surface area contributed by atoms with Crippen molar-refractivity contribution < 1.29 is 24.8 Å². The van der Waals surface area contributed by atoms with E-state index in [1.807, 2.05) is 0 Å². The fraction of sp³-hybridized carbons (Fsp3) is 0.778. The van der Waals surface area contributed by atoms with Crippen molar-refractivity contribution in [1.82, 2.24) is 0 Å². The lowest BCUT2D eigenvalue weighted by Gasteiger charge is -2.35. The highest BCUT2D eigenvalue weighted by Gasteiger charge is 2.36. The Morgan fingerprint density at radius 1 is 1.43 bits per heavy atom. The summed E-state index contributed by atoms with van der Waals surface area (Å²) in [6, 6.07) is 0. The number of ether oxygens (including phenoxy) is 2. The summed E-state index contributed by atoms with van der Waals surface area (Å²) in [5, 5.41) is 27.7. The molecule has 1 rings (SSSR count). The molecular formula is C9H16O5. The molecule has 1 saturated heterocycles. The molecule has 1 fully saturated rings. The van der Waals surface area contributed by atoms with Gasteiger partial charge in [0.15, 0.2) is 6.29 Å². The van der Waals surface area contributed by atoms with Crippen molar-refractivity contribution in [1.29, 1.82) is 0 Å². The van der Waals surface area contributed by atoms with Crippen LogP contribution in [0.15, 0.2) is 12.7 Å². The average molecular weight is 204 g/mol. The van der Waals surface area contributed by atoms with Crippen LogP contribution in [0.3, 0.4) is 0 Å². The normalized spacial score (nSPS) is 38.2. The van der Waals surface area contributed by atoms with Gasteiger partial charge in [0.25, 0.3) is 0 Å². The van der Waals surface area contributed by atoms with Crippen LogP contribution < -0.4 is 0 Å². The minimum Gasteiger partial charge on any atom is -0.394 e. The zero-order chi connectivity index (χ0) is 10.6. The van der Waals surface area contributed by atoms with Gasteiger partial charge in [0.05, 0.1) is 19.3 Å². The van der Waals surface area contributed by atoms with E-state index < -0.39 is 24.6 Å². The summed E-state index contributed by atoms with van der Waals surface area (Å²) in [4.78, 5) is 0. The first-order valence-corrected chi connectivity index (χ1v) is 4.54. The van der Waals surface area contributed by atoms with Crippen LogP contribution in [0.4, 0.5) is 0 Å². The third-order valence-corrected chi connectivity index (χ3v) is 2.09. The zero-order valence-corrected chi connectivity index (χ0v) is 7.87. The Balaban J connectivity index is 2.46. The van der Waals surface area contributed by atoms with Crippen molar-refractivity contribution >= 4 is 0 Å². The summed E-state index contributed by atoms with van der Waals surface area (Å²) in [6.45, 7) is 3.43. The van der Waals surface area contributed by atoms with Gasteiger partial charge in [-0.15, -0.1) is 6.58 Å². The summed E-state index contributed by atoms with van der Waals surface area (Å²) >= 11 is 0. The zero-order valence-electron chi connectivity index (χ0n) is 7.87. The molecule has 0 radical (unpaired) electrons. The Bertz CT molecular complexity index is 184. The lowest BCUT2D eigenvalue weighted by molar-refractivity contribution is -0.266. The van der Waals surface area contributed by atoms with E-state index in [-0.39, 0.29) is 19.6 Å². The fourth-order valence-electron chi connectivity index (χ4n) is 1.34. The standard InChI is InChI=1S/C9H16O5/c1-2-3-13-9-7(12)4-6(11)8(5-10)14-9/h2,6-12H,1,3-5H2/t6-,7-,8-,9?/m1/s1. The molecule has 0 aromatic carbocycles. The molecule has 0 amide bonds. The first-order valence-electron chi connectivity index (χ1n) is 4.54. The van der Waals surface area contributed by atoms with Crippen LogP contribution in [0.5, 0.6) is 0 Å². The van der Waals surface area contributed by atoms with Crippen molar-refractivity contribution in [3.63, 3.8) is 0 Å².